The Morgan fingerprint density at radius 1 is 1.89 bits per heavy atom. The molecule has 1 N–H and O–H groups in total. The Labute approximate surface area is 54.5 Å². The molecular formula is C6H10N2O. The Kier molecular flexibility index (Phi) is 1.14. The van der Waals surface area contributed by atoms with Crippen molar-refractivity contribution in [1.29, 1.82) is 5.26 Å². The number of nitriles is 1. The van der Waals surface area contributed by atoms with Crippen LogP contribution in [0.4, 0.5) is 0 Å². The van der Waals surface area contributed by atoms with Gasteiger partial charge in [-0.3, -0.25) is 4.90 Å². The van der Waals surface area contributed by atoms with Gasteiger partial charge in [-0.2, -0.15) is 5.26 Å². The maximum Gasteiger partial charge on any atom is 0.181 e. The highest BCUT2D eigenvalue weighted by molar-refractivity contribution is 4.99. The molecule has 1 heterocycles. The summed E-state index contributed by atoms with van der Waals surface area (Å²) in [7, 11) is 0. The predicted molar refractivity (Wildman–Crippen MR) is 32.1 cm³/mol. The van der Waals surface area contributed by atoms with Gasteiger partial charge in [-0.25, -0.2) is 0 Å². The second-order valence-electron chi connectivity index (χ2n) is 2.71. The number of nitrogens with zero attached hydrogens (tertiary/aromatic N) is 2. The van der Waals surface area contributed by atoms with Gasteiger partial charge in [0.2, 0.25) is 0 Å². The Morgan fingerprint density at radius 2 is 2.44 bits per heavy atom. The smallest absolute Gasteiger partial charge is 0.181 e. The molecule has 9 heavy (non-hydrogen) atoms. The lowest BCUT2D eigenvalue weighted by Gasteiger charge is -2.48. The molecule has 0 aromatic heterocycles. The van der Waals surface area contributed by atoms with E-state index in [0.717, 1.165) is 0 Å². The first-order chi connectivity index (χ1) is 4.09. The molecule has 3 nitrogen and oxygen atoms in total. The fraction of sp³-hybridized carbons (Fsp3) is 0.833. The number of rotatable bonds is 0. The molecular weight excluding hydrogens is 116 g/mol. The molecule has 0 aromatic carbocycles. The summed E-state index contributed by atoms with van der Waals surface area (Å²) >= 11 is 0. The summed E-state index contributed by atoms with van der Waals surface area (Å²) in [6, 6.07) is 0. The van der Waals surface area contributed by atoms with Gasteiger partial charge in [0.05, 0.1) is 0 Å². The molecule has 1 saturated heterocycles. The van der Waals surface area contributed by atoms with Crippen molar-refractivity contribution in [2.75, 3.05) is 6.54 Å². The Balaban J connectivity index is 2.61. The third-order valence-corrected chi connectivity index (χ3v) is 2.06. The van der Waals surface area contributed by atoms with E-state index in [2.05, 4.69) is 0 Å². The fourth-order valence-electron chi connectivity index (χ4n) is 0.927. The Morgan fingerprint density at radius 3 is 2.56 bits per heavy atom. The van der Waals surface area contributed by atoms with Crippen LogP contribution in [0.25, 0.3) is 0 Å². The highest BCUT2D eigenvalue weighted by Gasteiger charge is 2.45. The predicted octanol–water partition coefficient (Wildman–Crippen LogP) is 0.128. The third-order valence-electron chi connectivity index (χ3n) is 2.06. The summed E-state index contributed by atoms with van der Waals surface area (Å²) in [5.74, 6) is 0.220. The summed E-state index contributed by atoms with van der Waals surface area (Å²) in [5.41, 5.74) is -0.880. The first kappa shape index (κ1) is 6.37. The van der Waals surface area contributed by atoms with Crippen molar-refractivity contribution in [3.8, 4) is 6.19 Å². The van der Waals surface area contributed by atoms with Crippen LogP contribution in [0, 0.1) is 17.4 Å². The molecule has 0 radical (unpaired) electrons. The maximum atomic E-state index is 9.34. The van der Waals surface area contributed by atoms with Crippen LogP contribution in [0.15, 0.2) is 0 Å². The van der Waals surface area contributed by atoms with Crippen molar-refractivity contribution in [2.24, 2.45) is 5.92 Å². The highest BCUT2D eigenvalue weighted by Crippen LogP contribution is 2.31. The van der Waals surface area contributed by atoms with E-state index in [1.54, 1.807) is 6.92 Å². The average Bonchev–Trinajstić information content (AvgIpc) is 1.82. The molecule has 2 atom stereocenters. The fourth-order valence-corrected chi connectivity index (χ4v) is 0.927. The van der Waals surface area contributed by atoms with Gasteiger partial charge in [-0.15, -0.1) is 0 Å². The zero-order chi connectivity index (χ0) is 7.07. The minimum atomic E-state index is -0.880. The quantitative estimate of drug-likeness (QED) is 0.469. The molecule has 0 bridgehead atoms. The molecule has 2 unspecified atom stereocenters. The van der Waals surface area contributed by atoms with Crippen LogP contribution in [0.3, 0.4) is 0 Å². The Hall–Kier alpha value is -0.750. The lowest BCUT2D eigenvalue weighted by atomic mass is 9.88. The molecule has 50 valence electrons. The maximum absolute atomic E-state index is 9.34. The molecule has 0 spiro atoms. The molecule has 0 saturated carbocycles. The van der Waals surface area contributed by atoms with Crippen molar-refractivity contribution in [3.05, 3.63) is 0 Å². The number of hydrogen-bond donors (Lipinski definition) is 1. The zero-order valence-corrected chi connectivity index (χ0v) is 5.63. The summed E-state index contributed by atoms with van der Waals surface area (Å²) < 4.78 is 0. The van der Waals surface area contributed by atoms with Gasteiger partial charge >= 0.3 is 0 Å². The average molecular weight is 126 g/mol. The van der Waals surface area contributed by atoms with E-state index in [1.807, 2.05) is 13.1 Å². The lowest BCUT2D eigenvalue weighted by molar-refractivity contribution is -0.181. The summed E-state index contributed by atoms with van der Waals surface area (Å²) in [6.07, 6.45) is 1.91. The number of aliphatic hydroxyl groups is 1. The first-order valence-corrected chi connectivity index (χ1v) is 2.98. The topological polar surface area (TPSA) is 47.3 Å². The van der Waals surface area contributed by atoms with Gasteiger partial charge in [0.15, 0.2) is 6.19 Å². The lowest BCUT2D eigenvalue weighted by Crippen LogP contribution is -2.62. The molecule has 1 rings (SSSR count). The minimum absolute atomic E-state index is 0.220. The van der Waals surface area contributed by atoms with E-state index >= 15 is 0 Å². The normalized spacial score (nSPS) is 41.6. The van der Waals surface area contributed by atoms with Gasteiger partial charge < -0.3 is 5.11 Å². The van der Waals surface area contributed by atoms with Crippen LogP contribution in [-0.2, 0) is 0 Å². The standard InChI is InChI=1S/C6H10N2O/c1-5-3-8(4-7)6(5,2)9/h5,9H,3H2,1-2H3. The van der Waals surface area contributed by atoms with Crippen molar-refractivity contribution in [3.63, 3.8) is 0 Å². The van der Waals surface area contributed by atoms with Gasteiger partial charge in [0, 0.05) is 12.5 Å². The second kappa shape index (κ2) is 1.61. The van der Waals surface area contributed by atoms with Crippen molar-refractivity contribution >= 4 is 0 Å². The van der Waals surface area contributed by atoms with Crippen LogP contribution in [0.5, 0.6) is 0 Å². The van der Waals surface area contributed by atoms with E-state index in [9.17, 15) is 5.11 Å². The van der Waals surface area contributed by atoms with E-state index < -0.39 is 5.72 Å². The molecule has 1 aliphatic rings. The molecule has 0 aromatic rings. The third kappa shape index (κ3) is 0.672. The SMILES string of the molecule is CC1CN(C#N)C1(C)O. The first-order valence-electron chi connectivity index (χ1n) is 2.98. The summed E-state index contributed by atoms with van der Waals surface area (Å²) in [5, 5.41) is 17.7. The highest BCUT2D eigenvalue weighted by atomic mass is 16.3. The zero-order valence-electron chi connectivity index (χ0n) is 5.63. The van der Waals surface area contributed by atoms with Crippen molar-refractivity contribution < 1.29 is 5.11 Å². The van der Waals surface area contributed by atoms with E-state index in [4.69, 9.17) is 5.26 Å². The monoisotopic (exact) mass is 126 g/mol. The molecule has 1 fully saturated rings. The molecule has 1 aliphatic heterocycles. The molecule has 3 heteroatoms. The largest absolute Gasteiger partial charge is 0.370 e. The van der Waals surface area contributed by atoms with Crippen molar-refractivity contribution in [1.82, 2.24) is 4.90 Å². The van der Waals surface area contributed by atoms with Crippen LogP contribution < -0.4 is 0 Å². The Bertz CT molecular complexity index is 159. The van der Waals surface area contributed by atoms with Crippen molar-refractivity contribution in [2.45, 2.75) is 19.6 Å². The van der Waals surface area contributed by atoms with Gasteiger partial charge in [-0.05, 0) is 6.92 Å². The van der Waals surface area contributed by atoms with Crippen LogP contribution in [0.1, 0.15) is 13.8 Å². The second-order valence-corrected chi connectivity index (χ2v) is 2.71. The van der Waals surface area contributed by atoms with Crippen LogP contribution in [-0.4, -0.2) is 22.3 Å². The van der Waals surface area contributed by atoms with Gasteiger partial charge in [0.25, 0.3) is 0 Å². The van der Waals surface area contributed by atoms with Crippen LogP contribution in [0.2, 0.25) is 0 Å². The van der Waals surface area contributed by atoms with Gasteiger partial charge in [0.1, 0.15) is 5.72 Å². The molecule has 0 aliphatic carbocycles. The molecule has 0 amide bonds. The van der Waals surface area contributed by atoms with Crippen LogP contribution >= 0.6 is 0 Å². The summed E-state index contributed by atoms with van der Waals surface area (Å²) in [6.45, 7) is 4.27. The number of hydrogen-bond acceptors (Lipinski definition) is 3. The minimum Gasteiger partial charge on any atom is -0.370 e. The van der Waals surface area contributed by atoms with E-state index in [0.29, 0.717) is 6.54 Å². The summed E-state index contributed by atoms with van der Waals surface area (Å²) in [4.78, 5) is 1.37. The van der Waals surface area contributed by atoms with E-state index in [1.165, 1.54) is 4.90 Å². The number of likely N-dealkylation sites (tertiary alicyclic amines) is 1. The van der Waals surface area contributed by atoms with Gasteiger partial charge in [-0.1, -0.05) is 6.92 Å². The van der Waals surface area contributed by atoms with E-state index in [-0.39, 0.29) is 5.92 Å².